The molecular formula is C15H11Cl3N4. The van der Waals surface area contributed by atoms with E-state index in [1.54, 1.807) is 37.4 Å². The molecule has 1 heterocycles. The number of aliphatic imine (C=N–C) groups is 1. The van der Waals surface area contributed by atoms with Crippen molar-refractivity contribution in [1.29, 1.82) is 5.26 Å². The highest BCUT2D eigenvalue weighted by Crippen LogP contribution is 2.28. The highest BCUT2D eigenvalue weighted by atomic mass is 35.5. The number of allylic oxidation sites excluding steroid dienone is 1. The van der Waals surface area contributed by atoms with Crippen molar-refractivity contribution in [3.63, 3.8) is 0 Å². The van der Waals surface area contributed by atoms with Crippen LogP contribution < -0.4 is 0 Å². The zero-order chi connectivity index (χ0) is 16.3. The molecule has 0 atom stereocenters. The first-order chi connectivity index (χ1) is 10.5. The number of hydrogen-bond acceptors (Lipinski definition) is 3. The molecule has 0 amide bonds. The number of hydrogen-bond donors (Lipinski definition) is 0. The van der Waals surface area contributed by atoms with E-state index < -0.39 is 0 Å². The summed E-state index contributed by atoms with van der Waals surface area (Å²) in [6.45, 7) is 1.83. The summed E-state index contributed by atoms with van der Waals surface area (Å²) in [6.07, 6.45) is 1.79. The van der Waals surface area contributed by atoms with Crippen LogP contribution in [0, 0.1) is 11.3 Å². The van der Waals surface area contributed by atoms with E-state index in [0.29, 0.717) is 21.4 Å². The Bertz CT molecular complexity index is 813. The van der Waals surface area contributed by atoms with Crippen molar-refractivity contribution in [3.05, 3.63) is 57.3 Å². The van der Waals surface area contributed by atoms with Crippen LogP contribution in [0.15, 0.2) is 35.3 Å². The third kappa shape index (κ3) is 3.50. The standard InChI is InChI=1S/C15H11Cl3N4/c1-3-13(11-5-4-9(16)6-12(11)17)20-15(18)14-7-10(8-19)21-22(14)2/h3-7H,1-2H3/b13-3-,20-15+. The Morgan fingerprint density at radius 3 is 2.64 bits per heavy atom. The minimum absolute atomic E-state index is 0.218. The van der Waals surface area contributed by atoms with Gasteiger partial charge in [-0.2, -0.15) is 10.4 Å². The van der Waals surface area contributed by atoms with Crippen LogP contribution >= 0.6 is 34.8 Å². The Morgan fingerprint density at radius 2 is 2.09 bits per heavy atom. The molecule has 112 valence electrons. The van der Waals surface area contributed by atoms with Gasteiger partial charge >= 0.3 is 0 Å². The smallest absolute Gasteiger partial charge is 0.163 e. The maximum atomic E-state index is 8.88. The summed E-state index contributed by atoms with van der Waals surface area (Å²) in [5.74, 6) is 0. The second-order valence-corrected chi connectivity index (χ2v) is 5.55. The minimum Gasteiger partial charge on any atom is -0.264 e. The van der Waals surface area contributed by atoms with E-state index in [9.17, 15) is 0 Å². The Hall–Kier alpha value is -1.80. The van der Waals surface area contributed by atoms with Gasteiger partial charge in [0.05, 0.1) is 16.4 Å². The average Bonchev–Trinajstić information content (AvgIpc) is 2.86. The molecule has 1 aromatic heterocycles. The van der Waals surface area contributed by atoms with Crippen molar-refractivity contribution in [1.82, 2.24) is 9.78 Å². The van der Waals surface area contributed by atoms with E-state index in [1.807, 2.05) is 13.0 Å². The van der Waals surface area contributed by atoms with Gasteiger partial charge in [-0.1, -0.05) is 40.9 Å². The monoisotopic (exact) mass is 352 g/mol. The number of halogens is 3. The lowest BCUT2D eigenvalue weighted by molar-refractivity contribution is 0.757. The lowest BCUT2D eigenvalue weighted by atomic mass is 10.1. The maximum Gasteiger partial charge on any atom is 0.163 e. The van der Waals surface area contributed by atoms with Gasteiger partial charge in [-0.15, -0.1) is 0 Å². The number of aromatic nitrogens is 2. The zero-order valence-electron chi connectivity index (χ0n) is 11.8. The molecule has 0 saturated heterocycles. The molecule has 0 fully saturated rings. The molecule has 0 unspecified atom stereocenters. The number of nitriles is 1. The summed E-state index contributed by atoms with van der Waals surface area (Å²) in [5.41, 5.74) is 2.14. The SMILES string of the molecule is C/C=C(\N=C(\Cl)c1cc(C#N)nn1C)c1ccc(Cl)cc1Cl. The third-order valence-electron chi connectivity index (χ3n) is 2.90. The van der Waals surface area contributed by atoms with Gasteiger partial charge in [-0.05, 0) is 25.1 Å². The molecule has 1 aromatic carbocycles. The predicted octanol–water partition coefficient (Wildman–Crippen LogP) is 4.64. The molecule has 0 aliphatic carbocycles. The summed E-state index contributed by atoms with van der Waals surface area (Å²) in [5, 5.41) is 14.1. The fraction of sp³-hybridized carbons (Fsp3) is 0.133. The quantitative estimate of drug-likeness (QED) is 0.754. The zero-order valence-corrected chi connectivity index (χ0v) is 14.1. The summed E-state index contributed by atoms with van der Waals surface area (Å²) in [7, 11) is 1.69. The lowest BCUT2D eigenvalue weighted by Gasteiger charge is -2.06. The number of rotatable bonds is 3. The number of nitrogens with zero attached hydrogens (tertiary/aromatic N) is 4. The predicted molar refractivity (Wildman–Crippen MR) is 90.4 cm³/mol. The average molecular weight is 354 g/mol. The summed E-state index contributed by atoms with van der Waals surface area (Å²) in [4.78, 5) is 4.38. The third-order valence-corrected chi connectivity index (χ3v) is 3.73. The van der Waals surface area contributed by atoms with Crippen LogP contribution in [0.25, 0.3) is 5.70 Å². The van der Waals surface area contributed by atoms with E-state index in [-0.39, 0.29) is 10.9 Å². The molecule has 2 rings (SSSR count). The van der Waals surface area contributed by atoms with Gasteiger partial charge in [-0.25, -0.2) is 4.99 Å². The summed E-state index contributed by atoms with van der Waals surface area (Å²) >= 11 is 18.3. The summed E-state index contributed by atoms with van der Waals surface area (Å²) in [6, 6.07) is 8.68. The molecule has 4 nitrogen and oxygen atoms in total. The minimum atomic E-state index is 0.218. The van der Waals surface area contributed by atoms with Crippen molar-refractivity contribution >= 4 is 45.7 Å². The first-order valence-corrected chi connectivity index (χ1v) is 7.40. The van der Waals surface area contributed by atoms with Gasteiger partial charge < -0.3 is 0 Å². The maximum absolute atomic E-state index is 8.88. The molecule has 0 bridgehead atoms. The van der Waals surface area contributed by atoms with Gasteiger partial charge in [0, 0.05) is 23.7 Å². The molecule has 0 aliphatic rings. The molecule has 0 radical (unpaired) electrons. The Kier molecular flexibility index (Phi) is 5.25. The number of aryl methyl sites for hydroxylation is 1. The highest BCUT2D eigenvalue weighted by Gasteiger charge is 2.12. The van der Waals surface area contributed by atoms with Crippen molar-refractivity contribution in [2.75, 3.05) is 0 Å². The first kappa shape index (κ1) is 16.6. The van der Waals surface area contributed by atoms with Crippen LogP contribution in [0.1, 0.15) is 23.9 Å². The first-order valence-electron chi connectivity index (χ1n) is 6.26. The van der Waals surface area contributed by atoms with E-state index in [4.69, 9.17) is 40.1 Å². The molecule has 2 aromatic rings. The van der Waals surface area contributed by atoms with Crippen LogP contribution in [0.3, 0.4) is 0 Å². The summed E-state index contributed by atoms with van der Waals surface area (Å²) < 4.78 is 1.50. The fourth-order valence-electron chi connectivity index (χ4n) is 1.86. The van der Waals surface area contributed by atoms with Crippen LogP contribution in [0.2, 0.25) is 10.0 Å². The van der Waals surface area contributed by atoms with Crippen molar-refractivity contribution in [2.45, 2.75) is 6.92 Å². The van der Waals surface area contributed by atoms with Crippen molar-refractivity contribution in [3.8, 4) is 6.07 Å². The van der Waals surface area contributed by atoms with Crippen molar-refractivity contribution in [2.24, 2.45) is 12.0 Å². The molecule has 0 saturated carbocycles. The van der Waals surface area contributed by atoms with Crippen LogP contribution in [-0.2, 0) is 7.05 Å². The van der Waals surface area contributed by atoms with Crippen molar-refractivity contribution < 1.29 is 0 Å². The van der Waals surface area contributed by atoms with E-state index in [1.165, 1.54) is 4.68 Å². The van der Waals surface area contributed by atoms with Gasteiger partial charge in [0.25, 0.3) is 0 Å². The van der Waals surface area contributed by atoms with Gasteiger partial charge in [-0.3, -0.25) is 4.68 Å². The molecule has 0 spiro atoms. The molecule has 22 heavy (non-hydrogen) atoms. The second kappa shape index (κ2) is 6.97. The molecule has 0 N–H and O–H groups in total. The van der Waals surface area contributed by atoms with E-state index >= 15 is 0 Å². The topological polar surface area (TPSA) is 54.0 Å². The lowest BCUT2D eigenvalue weighted by Crippen LogP contribution is -2.02. The van der Waals surface area contributed by atoms with E-state index in [2.05, 4.69) is 10.1 Å². The fourth-order valence-corrected chi connectivity index (χ4v) is 2.63. The molecule has 0 aliphatic heterocycles. The van der Waals surface area contributed by atoms with E-state index in [0.717, 1.165) is 5.56 Å². The van der Waals surface area contributed by atoms with Gasteiger partial charge in [0.15, 0.2) is 10.9 Å². The highest BCUT2D eigenvalue weighted by molar-refractivity contribution is 6.69. The Labute approximate surface area is 143 Å². The number of benzene rings is 1. The Morgan fingerprint density at radius 1 is 1.36 bits per heavy atom. The largest absolute Gasteiger partial charge is 0.264 e. The Balaban J connectivity index is 2.44. The normalized spacial score (nSPS) is 12.4. The van der Waals surface area contributed by atoms with Gasteiger partial charge in [0.2, 0.25) is 0 Å². The van der Waals surface area contributed by atoms with Crippen LogP contribution in [-0.4, -0.2) is 15.0 Å². The van der Waals surface area contributed by atoms with Crippen LogP contribution in [0.4, 0.5) is 0 Å². The van der Waals surface area contributed by atoms with Crippen LogP contribution in [0.5, 0.6) is 0 Å². The van der Waals surface area contributed by atoms with Gasteiger partial charge in [0.1, 0.15) is 6.07 Å². The molecular weight excluding hydrogens is 343 g/mol. The molecule has 7 heteroatoms. The second-order valence-electron chi connectivity index (χ2n) is 4.35.